The fourth-order valence-electron chi connectivity index (χ4n) is 1.29. The largest absolute Gasteiger partial charge is 0.315 e. The lowest BCUT2D eigenvalue weighted by atomic mass is 10.4. The van der Waals surface area contributed by atoms with Crippen LogP contribution >= 0.6 is 0 Å². The van der Waals surface area contributed by atoms with E-state index in [1.807, 2.05) is 0 Å². The van der Waals surface area contributed by atoms with Gasteiger partial charge in [0, 0.05) is 19.6 Å². The molecule has 1 aliphatic heterocycles. The summed E-state index contributed by atoms with van der Waals surface area (Å²) in [6.45, 7) is 7.38. The maximum Gasteiger partial charge on any atom is 0.0685 e. The van der Waals surface area contributed by atoms with E-state index in [4.69, 9.17) is 4.84 Å². The smallest absolute Gasteiger partial charge is 0.0685 e. The molecule has 0 saturated carbocycles. The van der Waals surface area contributed by atoms with Gasteiger partial charge in [-0.1, -0.05) is 13.3 Å². The molecule has 0 unspecified atom stereocenters. The van der Waals surface area contributed by atoms with Crippen molar-refractivity contribution in [1.29, 1.82) is 0 Å². The first-order valence-corrected chi connectivity index (χ1v) is 5.02. The molecule has 1 rings (SSSR count). The first-order chi connectivity index (χ1) is 5.93. The van der Waals surface area contributed by atoms with Crippen molar-refractivity contribution >= 4 is 0 Å². The van der Waals surface area contributed by atoms with Crippen molar-refractivity contribution in [3.8, 4) is 0 Å². The van der Waals surface area contributed by atoms with Gasteiger partial charge in [-0.25, -0.2) is 0 Å². The lowest BCUT2D eigenvalue weighted by Crippen LogP contribution is -2.28. The molecule has 0 radical (unpaired) electrons. The normalized spacial score (nSPS) is 20.8. The molecular weight excluding hydrogens is 152 g/mol. The first kappa shape index (κ1) is 9.96. The van der Waals surface area contributed by atoms with Gasteiger partial charge in [0.1, 0.15) is 0 Å². The zero-order valence-corrected chi connectivity index (χ0v) is 8.01. The Morgan fingerprint density at radius 1 is 1.33 bits per heavy atom. The molecule has 0 spiro atoms. The Hall–Kier alpha value is -0.120. The summed E-state index contributed by atoms with van der Waals surface area (Å²) in [6.07, 6.45) is 3.59. The number of hydrogen-bond donors (Lipinski definition) is 1. The molecule has 3 heteroatoms. The van der Waals surface area contributed by atoms with E-state index in [1.54, 1.807) is 0 Å². The Morgan fingerprint density at radius 2 is 2.25 bits per heavy atom. The van der Waals surface area contributed by atoms with Crippen molar-refractivity contribution in [2.24, 2.45) is 0 Å². The predicted octanol–water partition coefficient (Wildman–Crippen LogP) is 1.01. The van der Waals surface area contributed by atoms with Crippen LogP contribution in [0.25, 0.3) is 0 Å². The number of nitrogens with one attached hydrogen (secondary N) is 1. The van der Waals surface area contributed by atoms with Crippen LogP contribution in [-0.4, -0.2) is 37.8 Å². The molecule has 1 saturated heterocycles. The number of unbranched alkanes of at least 4 members (excludes halogenated alkanes) is 1. The highest BCUT2D eigenvalue weighted by Gasteiger charge is 2.07. The zero-order chi connectivity index (χ0) is 8.65. The molecule has 0 amide bonds. The maximum absolute atomic E-state index is 5.60. The fourth-order valence-corrected chi connectivity index (χ4v) is 1.29. The summed E-state index contributed by atoms with van der Waals surface area (Å²) in [5.41, 5.74) is 0. The number of hydrogen-bond acceptors (Lipinski definition) is 3. The van der Waals surface area contributed by atoms with Gasteiger partial charge in [0.05, 0.1) is 6.61 Å². The summed E-state index contributed by atoms with van der Waals surface area (Å²) >= 11 is 0. The van der Waals surface area contributed by atoms with Crippen LogP contribution in [0.4, 0.5) is 0 Å². The van der Waals surface area contributed by atoms with Crippen LogP contribution in [0, 0.1) is 0 Å². The summed E-state index contributed by atoms with van der Waals surface area (Å²) in [4.78, 5) is 5.60. The minimum absolute atomic E-state index is 0.885. The minimum Gasteiger partial charge on any atom is -0.315 e. The molecule has 0 bridgehead atoms. The van der Waals surface area contributed by atoms with Crippen molar-refractivity contribution in [2.75, 3.05) is 32.8 Å². The Kier molecular flexibility index (Phi) is 5.32. The minimum atomic E-state index is 0.885. The van der Waals surface area contributed by atoms with Crippen LogP contribution in [0.1, 0.15) is 26.2 Å². The monoisotopic (exact) mass is 172 g/mol. The second-order valence-electron chi connectivity index (χ2n) is 3.22. The Morgan fingerprint density at radius 3 is 3.08 bits per heavy atom. The van der Waals surface area contributed by atoms with E-state index < -0.39 is 0 Å². The molecule has 1 fully saturated rings. The van der Waals surface area contributed by atoms with Gasteiger partial charge in [-0.3, -0.25) is 4.84 Å². The molecule has 1 aliphatic rings. The van der Waals surface area contributed by atoms with E-state index in [0.29, 0.717) is 0 Å². The number of hydroxylamine groups is 2. The van der Waals surface area contributed by atoms with Crippen LogP contribution in [-0.2, 0) is 4.84 Å². The van der Waals surface area contributed by atoms with Gasteiger partial charge in [-0.05, 0) is 19.4 Å². The lowest BCUT2D eigenvalue weighted by Gasteiger charge is -2.18. The van der Waals surface area contributed by atoms with Gasteiger partial charge in [0.25, 0.3) is 0 Å². The third kappa shape index (κ3) is 4.04. The summed E-state index contributed by atoms with van der Waals surface area (Å²) in [5, 5.41) is 5.44. The van der Waals surface area contributed by atoms with Gasteiger partial charge >= 0.3 is 0 Å². The molecule has 72 valence electrons. The molecule has 1 heterocycles. The van der Waals surface area contributed by atoms with Gasteiger partial charge in [0.2, 0.25) is 0 Å². The highest BCUT2D eigenvalue weighted by molar-refractivity contribution is 4.58. The number of nitrogens with zero attached hydrogens (tertiary/aromatic N) is 1. The standard InChI is InChI=1S/C9H20N2O/c1-2-3-9-12-11-7-4-5-10-6-8-11/h10H,2-9H2,1H3. The topological polar surface area (TPSA) is 24.5 Å². The van der Waals surface area contributed by atoms with Gasteiger partial charge in [-0.2, -0.15) is 5.06 Å². The average Bonchev–Trinajstić information content (AvgIpc) is 2.33. The third-order valence-corrected chi connectivity index (χ3v) is 2.07. The van der Waals surface area contributed by atoms with Crippen molar-refractivity contribution in [1.82, 2.24) is 10.4 Å². The second kappa shape index (κ2) is 6.40. The molecule has 1 N–H and O–H groups in total. The van der Waals surface area contributed by atoms with Crippen LogP contribution < -0.4 is 5.32 Å². The Bertz CT molecular complexity index is 101. The lowest BCUT2D eigenvalue weighted by molar-refractivity contribution is -0.155. The highest BCUT2D eigenvalue weighted by Crippen LogP contribution is 1.98. The number of rotatable bonds is 4. The predicted molar refractivity (Wildman–Crippen MR) is 49.9 cm³/mol. The van der Waals surface area contributed by atoms with Crippen LogP contribution in [0.5, 0.6) is 0 Å². The second-order valence-corrected chi connectivity index (χ2v) is 3.22. The summed E-state index contributed by atoms with van der Waals surface area (Å²) < 4.78 is 0. The highest BCUT2D eigenvalue weighted by atomic mass is 16.7. The molecule has 3 nitrogen and oxygen atoms in total. The summed E-state index contributed by atoms with van der Waals surface area (Å²) in [5.74, 6) is 0. The molecule has 0 aliphatic carbocycles. The van der Waals surface area contributed by atoms with Crippen LogP contribution in [0.15, 0.2) is 0 Å². The molecular formula is C9H20N2O. The van der Waals surface area contributed by atoms with E-state index in [-0.39, 0.29) is 0 Å². The van der Waals surface area contributed by atoms with E-state index in [9.17, 15) is 0 Å². The van der Waals surface area contributed by atoms with Crippen LogP contribution in [0.2, 0.25) is 0 Å². The SMILES string of the molecule is CCCCON1CCCNCC1. The Balaban J connectivity index is 2.04. The zero-order valence-electron chi connectivity index (χ0n) is 8.01. The van der Waals surface area contributed by atoms with Crippen molar-refractivity contribution < 1.29 is 4.84 Å². The molecule has 0 aromatic rings. The van der Waals surface area contributed by atoms with Crippen molar-refractivity contribution in [3.63, 3.8) is 0 Å². The summed E-state index contributed by atoms with van der Waals surface area (Å²) in [7, 11) is 0. The molecule has 0 aromatic carbocycles. The van der Waals surface area contributed by atoms with E-state index in [0.717, 1.165) is 32.8 Å². The van der Waals surface area contributed by atoms with Crippen molar-refractivity contribution in [3.05, 3.63) is 0 Å². The molecule has 0 aromatic heterocycles. The fraction of sp³-hybridized carbons (Fsp3) is 1.00. The van der Waals surface area contributed by atoms with Crippen LogP contribution in [0.3, 0.4) is 0 Å². The quantitative estimate of drug-likeness (QED) is 0.641. The van der Waals surface area contributed by atoms with E-state index >= 15 is 0 Å². The first-order valence-electron chi connectivity index (χ1n) is 5.02. The Labute approximate surface area is 75.0 Å². The van der Waals surface area contributed by atoms with E-state index in [1.165, 1.54) is 19.3 Å². The van der Waals surface area contributed by atoms with Crippen molar-refractivity contribution in [2.45, 2.75) is 26.2 Å². The molecule has 12 heavy (non-hydrogen) atoms. The van der Waals surface area contributed by atoms with Gasteiger partial charge < -0.3 is 5.32 Å². The van der Waals surface area contributed by atoms with Gasteiger partial charge in [0.15, 0.2) is 0 Å². The average molecular weight is 172 g/mol. The maximum atomic E-state index is 5.60. The van der Waals surface area contributed by atoms with E-state index in [2.05, 4.69) is 17.3 Å². The van der Waals surface area contributed by atoms with Gasteiger partial charge in [-0.15, -0.1) is 0 Å². The third-order valence-electron chi connectivity index (χ3n) is 2.07. The summed E-state index contributed by atoms with van der Waals surface area (Å²) in [6, 6.07) is 0. The molecule has 0 atom stereocenters.